The van der Waals surface area contributed by atoms with Crippen LogP contribution < -0.4 is 11.0 Å². The monoisotopic (exact) mass is 274 g/mol. The number of hydrogen-bond acceptors (Lipinski definition) is 3. The highest BCUT2D eigenvalue weighted by Gasteiger charge is 2.15. The maximum atomic E-state index is 11.9. The van der Waals surface area contributed by atoms with Gasteiger partial charge in [0.1, 0.15) is 6.33 Å². The minimum absolute atomic E-state index is 0.0855. The van der Waals surface area contributed by atoms with Crippen molar-refractivity contribution in [3.8, 4) is 0 Å². The van der Waals surface area contributed by atoms with Crippen LogP contribution in [0.15, 0.2) is 29.3 Å². The van der Waals surface area contributed by atoms with E-state index in [1.54, 1.807) is 13.4 Å². The summed E-state index contributed by atoms with van der Waals surface area (Å²) in [5.41, 5.74) is 3.61. The molecule has 0 aliphatic carbocycles. The van der Waals surface area contributed by atoms with Gasteiger partial charge in [-0.1, -0.05) is 30.7 Å². The molecule has 0 aliphatic rings. The molecule has 20 heavy (non-hydrogen) atoms. The molecule has 1 aromatic carbocycles. The van der Waals surface area contributed by atoms with Gasteiger partial charge in [0.25, 0.3) is 0 Å². The Morgan fingerprint density at radius 2 is 2.10 bits per heavy atom. The lowest BCUT2D eigenvalue weighted by atomic mass is 9.99. The quantitative estimate of drug-likeness (QED) is 0.900. The predicted octanol–water partition coefficient (Wildman–Crippen LogP) is 1.55. The molecule has 1 N–H and O–H groups in total. The number of rotatable bonds is 5. The third kappa shape index (κ3) is 2.99. The van der Waals surface area contributed by atoms with Gasteiger partial charge in [0.2, 0.25) is 0 Å². The molecule has 0 amide bonds. The lowest BCUT2D eigenvalue weighted by Gasteiger charge is -2.20. The van der Waals surface area contributed by atoms with Gasteiger partial charge in [-0.25, -0.2) is 9.48 Å². The molecule has 0 spiro atoms. The molecule has 1 unspecified atom stereocenters. The zero-order chi connectivity index (χ0) is 14.7. The molecular formula is C15H22N4O. The fourth-order valence-corrected chi connectivity index (χ4v) is 2.45. The number of nitrogens with zero attached hydrogens (tertiary/aromatic N) is 3. The Morgan fingerprint density at radius 1 is 1.35 bits per heavy atom. The largest absolute Gasteiger partial charge is 0.345 e. The van der Waals surface area contributed by atoms with E-state index in [1.807, 2.05) is 0 Å². The number of benzene rings is 1. The number of aryl methyl sites for hydroxylation is 3. The second-order valence-corrected chi connectivity index (χ2v) is 5.18. The predicted molar refractivity (Wildman–Crippen MR) is 79.8 cm³/mol. The fraction of sp³-hybridized carbons (Fsp3) is 0.467. The first-order valence-electron chi connectivity index (χ1n) is 6.92. The van der Waals surface area contributed by atoms with Gasteiger partial charge in [-0.2, -0.15) is 5.10 Å². The first-order chi connectivity index (χ1) is 9.52. The van der Waals surface area contributed by atoms with Crippen LogP contribution in [0.3, 0.4) is 0 Å². The van der Waals surface area contributed by atoms with Crippen LogP contribution in [0.25, 0.3) is 0 Å². The Hall–Kier alpha value is -1.88. The summed E-state index contributed by atoms with van der Waals surface area (Å²) in [5, 5.41) is 7.57. The van der Waals surface area contributed by atoms with Crippen LogP contribution in [0, 0.1) is 13.8 Å². The number of likely N-dealkylation sites (N-methyl/N-ethyl adjacent to an activating group) is 1. The molecule has 108 valence electrons. The molecule has 2 aromatic rings. The van der Waals surface area contributed by atoms with Crippen molar-refractivity contribution in [3.05, 3.63) is 51.7 Å². The van der Waals surface area contributed by atoms with E-state index in [4.69, 9.17) is 0 Å². The number of hydrogen-bond donors (Lipinski definition) is 1. The van der Waals surface area contributed by atoms with Crippen LogP contribution in [0.5, 0.6) is 0 Å². The average Bonchev–Trinajstić information content (AvgIpc) is 2.70. The van der Waals surface area contributed by atoms with E-state index in [-0.39, 0.29) is 11.7 Å². The second kappa shape index (κ2) is 6.05. The molecule has 5 heteroatoms. The highest BCUT2D eigenvalue weighted by Crippen LogP contribution is 2.20. The molecule has 0 aliphatic heterocycles. The summed E-state index contributed by atoms with van der Waals surface area (Å²) in [6.45, 7) is 7.64. The minimum Gasteiger partial charge on any atom is -0.309 e. The van der Waals surface area contributed by atoms with E-state index < -0.39 is 0 Å². The van der Waals surface area contributed by atoms with Crippen molar-refractivity contribution in [1.82, 2.24) is 19.7 Å². The zero-order valence-electron chi connectivity index (χ0n) is 12.6. The van der Waals surface area contributed by atoms with Crippen molar-refractivity contribution >= 4 is 0 Å². The van der Waals surface area contributed by atoms with Crippen molar-refractivity contribution in [2.75, 3.05) is 6.54 Å². The average molecular weight is 274 g/mol. The normalized spacial score (nSPS) is 12.6. The van der Waals surface area contributed by atoms with Crippen molar-refractivity contribution in [2.24, 2.45) is 7.05 Å². The molecule has 5 nitrogen and oxygen atoms in total. The summed E-state index contributed by atoms with van der Waals surface area (Å²) in [4.78, 5) is 11.9. The molecule has 1 atom stereocenters. The van der Waals surface area contributed by atoms with Crippen molar-refractivity contribution in [2.45, 2.75) is 33.4 Å². The highest BCUT2D eigenvalue weighted by molar-refractivity contribution is 5.32. The van der Waals surface area contributed by atoms with Gasteiger partial charge >= 0.3 is 5.69 Å². The molecule has 0 saturated heterocycles. The van der Waals surface area contributed by atoms with E-state index in [2.05, 4.69) is 49.4 Å². The van der Waals surface area contributed by atoms with Gasteiger partial charge in [-0.3, -0.25) is 4.57 Å². The van der Waals surface area contributed by atoms with Gasteiger partial charge in [0.15, 0.2) is 0 Å². The number of aromatic nitrogens is 3. The van der Waals surface area contributed by atoms with Crippen molar-refractivity contribution in [3.63, 3.8) is 0 Å². The van der Waals surface area contributed by atoms with Gasteiger partial charge < -0.3 is 5.32 Å². The summed E-state index contributed by atoms with van der Waals surface area (Å²) in [5.74, 6) is 0. The first kappa shape index (κ1) is 14.5. The third-order valence-corrected chi connectivity index (χ3v) is 3.49. The fourth-order valence-electron chi connectivity index (χ4n) is 2.45. The Balaban J connectivity index is 2.31. The van der Waals surface area contributed by atoms with Crippen LogP contribution in [0.1, 0.15) is 29.7 Å². The summed E-state index contributed by atoms with van der Waals surface area (Å²) < 4.78 is 3.00. The second-order valence-electron chi connectivity index (χ2n) is 5.18. The van der Waals surface area contributed by atoms with Crippen molar-refractivity contribution in [1.29, 1.82) is 0 Å². The Bertz CT molecular complexity index is 642. The molecule has 2 rings (SSSR count). The number of nitrogens with one attached hydrogen (secondary N) is 1. The third-order valence-electron chi connectivity index (χ3n) is 3.49. The van der Waals surface area contributed by atoms with Crippen LogP contribution in [-0.2, 0) is 13.6 Å². The zero-order valence-corrected chi connectivity index (χ0v) is 12.6. The summed E-state index contributed by atoms with van der Waals surface area (Å²) >= 11 is 0. The van der Waals surface area contributed by atoms with E-state index in [0.717, 1.165) is 6.54 Å². The maximum Gasteiger partial charge on any atom is 0.345 e. The Labute approximate surface area is 119 Å². The molecule has 1 aromatic heterocycles. The van der Waals surface area contributed by atoms with E-state index in [0.29, 0.717) is 6.54 Å². The van der Waals surface area contributed by atoms with E-state index in [9.17, 15) is 4.79 Å². The molecule has 0 fully saturated rings. The smallest absolute Gasteiger partial charge is 0.309 e. The molecule has 0 bridgehead atoms. The molecule has 1 heterocycles. The first-order valence-corrected chi connectivity index (χ1v) is 6.92. The SMILES string of the molecule is CCNC(Cn1ncn(C)c1=O)c1ccc(C)cc1C. The molecule has 0 saturated carbocycles. The lowest BCUT2D eigenvalue weighted by molar-refractivity contribution is 0.436. The van der Waals surface area contributed by atoms with Gasteiger partial charge in [0.05, 0.1) is 12.6 Å². The lowest BCUT2D eigenvalue weighted by Crippen LogP contribution is -2.32. The summed E-state index contributed by atoms with van der Waals surface area (Å²) in [7, 11) is 1.71. The van der Waals surface area contributed by atoms with Crippen LogP contribution in [0.4, 0.5) is 0 Å². The topological polar surface area (TPSA) is 51.9 Å². The van der Waals surface area contributed by atoms with Gasteiger partial charge in [-0.05, 0) is 31.5 Å². The van der Waals surface area contributed by atoms with Crippen LogP contribution in [0.2, 0.25) is 0 Å². The maximum absolute atomic E-state index is 11.9. The van der Waals surface area contributed by atoms with Crippen LogP contribution >= 0.6 is 0 Å². The molecular weight excluding hydrogens is 252 g/mol. The van der Waals surface area contributed by atoms with Crippen molar-refractivity contribution < 1.29 is 0 Å². The highest BCUT2D eigenvalue weighted by atomic mass is 16.2. The Kier molecular flexibility index (Phi) is 4.39. The van der Waals surface area contributed by atoms with E-state index >= 15 is 0 Å². The van der Waals surface area contributed by atoms with E-state index in [1.165, 1.54) is 25.9 Å². The molecule has 0 radical (unpaired) electrons. The summed E-state index contributed by atoms with van der Waals surface area (Å²) in [6.07, 6.45) is 1.55. The Morgan fingerprint density at radius 3 is 2.65 bits per heavy atom. The van der Waals surface area contributed by atoms with Gasteiger partial charge in [0, 0.05) is 7.05 Å². The standard InChI is InChI=1S/C15H22N4O/c1-5-16-14(9-19-15(20)18(4)10-17-19)13-7-6-11(2)8-12(13)3/h6-8,10,14,16H,5,9H2,1-4H3. The van der Waals surface area contributed by atoms with Gasteiger partial charge in [-0.15, -0.1) is 0 Å². The van der Waals surface area contributed by atoms with Crippen LogP contribution in [-0.4, -0.2) is 20.9 Å². The summed E-state index contributed by atoms with van der Waals surface area (Å²) in [6, 6.07) is 6.49. The minimum atomic E-state index is -0.0855.